The van der Waals surface area contributed by atoms with E-state index in [1.54, 1.807) is 4.90 Å². The third kappa shape index (κ3) is 2.81. The molecule has 1 heterocycles. The highest BCUT2D eigenvalue weighted by molar-refractivity contribution is 7.19. The standard InChI is InChI=1S/C14H18N4OS/c1-3-18(4-2)13(19)11-12(20-14(16-11)17-15)10-8-6-5-7-9-10/h5-9H,3-4,15H2,1-2H3,(H,16,17). The molecule has 3 N–H and O–H groups in total. The number of rotatable bonds is 5. The first-order chi connectivity index (χ1) is 9.71. The van der Waals surface area contributed by atoms with E-state index in [1.807, 2.05) is 44.2 Å². The minimum absolute atomic E-state index is 0.0633. The first-order valence-electron chi connectivity index (χ1n) is 6.53. The van der Waals surface area contributed by atoms with Gasteiger partial charge >= 0.3 is 0 Å². The number of aromatic nitrogens is 1. The lowest BCUT2D eigenvalue weighted by atomic mass is 10.1. The molecule has 0 aliphatic heterocycles. The number of hydrogen-bond donors (Lipinski definition) is 2. The predicted molar refractivity (Wildman–Crippen MR) is 82.6 cm³/mol. The molecule has 0 saturated heterocycles. The Morgan fingerprint density at radius 1 is 1.30 bits per heavy atom. The van der Waals surface area contributed by atoms with Crippen molar-refractivity contribution < 1.29 is 4.79 Å². The molecular weight excluding hydrogens is 272 g/mol. The molecule has 5 nitrogen and oxygen atoms in total. The molecule has 0 fully saturated rings. The van der Waals surface area contributed by atoms with Gasteiger partial charge in [-0.1, -0.05) is 41.7 Å². The topological polar surface area (TPSA) is 71.2 Å². The van der Waals surface area contributed by atoms with Gasteiger partial charge in [0.2, 0.25) is 0 Å². The van der Waals surface area contributed by atoms with Crippen LogP contribution in [0.25, 0.3) is 10.4 Å². The van der Waals surface area contributed by atoms with E-state index in [4.69, 9.17) is 5.84 Å². The fourth-order valence-corrected chi connectivity index (χ4v) is 2.85. The van der Waals surface area contributed by atoms with Crippen molar-refractivity contribution in [3.63, 3.8) is 0 Å². The number of anilines is 1. The van der Waals surface area contributed by atoms with Gasteiger partial charge in [0, 0.05) is 13.1 Å². The maximum atomic E-state index is 12.5. The van der Waals surface area contributed by atoms with Gasteiger partial charge in [-0.15, -0.1) is 0 Å². The lowest BCUT2D eigenvalue weighted by molar-refractivity contribution is 0.0769. The summed E-state index contributed by atoms with van der Waals surface area (Å²) in [6, 6.07) is 9.75. The number of amides is 1. The molecule has 1 aromatic heterocycles. The Labute approximate surface area is 122 Å². The Morgan fingerprint density at radius 2 is 1.95 bits per heavy atom. The molecule has 0 atom stereocenters. The maximum absolute atomic E-state index is 12.5. The van der Waals surface area contributed by atoms with Crippen LogP contribution < -0.4 is 11.3 Å². The van der Waals surface area contributed by atoms with Crippen LogP contribution in [0.4, 0.5) is 5.13 Å². The summed E-state index contributed by atoms with van der Waals surface area (Å²) in [5.74, 6) is 5.36. The number of nitrogens with one attached hydrogen (secondary N) is 1. The summed E-state index contributed by atoms with van der Waals surface area (Å²) >= 11 is 1.38. The van der Waals surface area contributed by atoms with Crippen molar-refractivity contribution in [2.24, 2.45) is 5.84 Å². The maximum Gasteiger partial charge on any atom is 0.274 e. The van der Waals surface area contributed by atoms with Crippen molar-refractivity contribution >= 4 is 22.4 Å². The van der Waals surface area contributed by atoms with Crippen molar-refractivity contribution in [1.29, 1.82) is 0 Å². The molecule has 2 rings (SSSR count). The van der Waals surface area contributed by atoms with Crippen LogP contribution in [0.2, 0.25) is 0 Å². The van der Waals surface area contributed by atoms with E-state index in [-0.39, 0.29) is 5.91 Å². The van der Waals surface area contributed by atoms with E-state index in [2.05, 4.69) is 10.4 Å². The summed E-state index contributed by atoms with van der Waals surface area (Å²) in [6.07, 6.45) is 0. The van der Waals surface area contributed by atoms with Gasteiger partial charge < -0.3 is 4.90 Å². The van der Waals surface area contributed by atoms with Crippen molar-refractivity contribution in [1.82, 2.24) is 9.88 Å². The quantitative estimate of drug-likeness (QED) is 0.656. The van der Waals surface area contributed by atoms with Crippen molar-refractivity contribution in [2.45, 2.75) is 13.8 Å². The molecule has 0 aliphatic rings. The Morgan fingerprint density at radius 3 is 2.50 bits per heavy atom. The zero-order valence-electron chi connectivity index (χ0n) is 11.6. The van der Waals surface area contributed by atoms with Gasteiger partial charge in [-0.2, -0.15) is 0 Å². The Hall–Kier alpha value is -1.92. The third-order valence-electron chi connectivity index (χ3n) is 3.04. The molecule has 1 amide bonds. The molecule has 6 heteroatoms. The largest absolute Gasteiger partial charge is 0.338 e. The van der Waals surface area contributed by atoms with Crippen LogP contribution in [0.5, 0.6) is 0 Å². The molecule has 0 bridgehead atoms. The summed E-state index contributed by atoms with van der Waals surface area (Å²) in [6.45, 7) is 5.23. The second kappa shape index (κ2) is 6.49. The van der Waals surface area contributed by atoms with Crippen LogP contribution in [-0.2, 0) is 0 Å². The number of hydrazine groups is 1. The summed E-state index contributed by atoms with van der Waals surface area (Å²) in [4.78, 5) is 19.4. The number of carbonyl (C=O) groups excluding carboxylic acids is 1. The number of nitrogens with zero attached hydrogens (tertiary/aromatic N) is 2. The summed E-state index contributed by atoms with van der Waals surface area (Å²) in [7, 11) is 0. The molecule has 1 aromatic carbocycles. The average molecular weight is 290 g/mol. The van der Waals surface area contributed by atoms with Crippen molar-refractivity contribution in [3.8, 4) is 10.4 Å². The normalized spacial score (nSPS) is 10.3. The zero-order valence-corrected chi connectivity index (χ0v) is 12.4. The fraction of sp³-hybridized carbons (Fsp3) is 0.286. The van der Waals surface area contributed by atoms with Gasteiger partial charge in [-0.05, 0) is 19.4 Å². The van der Waals surface area contributed by atoms with Crippen LogP contribution in [-0.4, -0.2) is 28.9 Å². The van der Waals surface area contributed by atoms with E-state index in [0.717, 1.165) is 10.4 Å². The minimum Gasteiger partial charge on any atom is -0.338 e. The van der Waals surface area contributed by atoms with Crippen LogP contribution in [0.1, 0.15) is 24.3 Å². The summed E-state index contributed by atoms with van der Waals surface area (Å²) in [5.41, 5.74) is 3.95. The van der Waals surface area contributed by atoms with E-state index in [9.17, 15) is 4.79 Å². The highest BCUT2D eigenvalue weighted by Crippen LogP contribution is 2.33. The highest BCUT2D eigenvalue weighted by Gasteiger charge is 2.22. The van der Waals surface area contributed by atoms with Gasteiger partial charge in [0.05, 0.1) is 4.88 Å². The number of benzene rings is 1. The number of thiazole rings is 1. The van der Waals surface area contributed by atoms with Gasteiger partial charge in [0.25, 0.3) is 5.91 Å². The molecule has 0 aliphatic carbocycles. The molecule has 0 spiro atoms. The SMILES string of the molecule is CCN(CC)C(=O)c1nc(NN)sc1-c1ccccc1. The first kappa shape index (κ1) is 14.5. The van der Waals surface area contributed by atoms with Crippen molar-refractivity contribution in [3.05, 3.63) is 36.0 Å². The molecule has 2 aromatic rings. The molecule has 0 saturated carbocycles. The first-order valence-corrected chi connectivity index (χ1v) is 7.35. The van der Waals surface area contributed by atoms with Gasteiger partial charge in [0.1, 0.15) is 5.69 Å². The highest BCUT2D eigenvalue weighted by atomic mass is 32.1. The zero-order chi connectivity index (χ0) is 14.5. The Bertz CT molecular complexity index is 578. The van der Waals surface area contributed by atoms with Crippen molar-refractivity contribution in [2.75, 3.05) is 18.5 Å². The second-order valence-corrected chi connectivity index (χ2v) is 5.18. The second-order valence-electron chi connectivity index (χ2n) is 4.18. The molecule has 20 heavy (non-hydrogen) atoms. The van der Waals surface area contributed by atoms with Gasteiger partial charge in [-0.25, -0.2) is 10.8 Å². The predicted octanol–water partition coefficient (Wildman–Crippen LogP) is 2.58. The molecule has 0 radical (unpaired) electrons. The van der Waals surface area contributed by atoms with Crippen LogP contribution >= 0.6 is 11.3 Å². The average Bonchev–Trinajstić information content (AvgIpc) is 2.93. The van der Waals surface area contributed by atoms with Crippen LogP contribution in [0.15, 0.2) is 30.3 Å². The monoisotopic (exact) mass is 290 g/mol. The summed E-state index contributed by atoms with van der Waals surface area (Å²) in [5, 5.41) is 0.541. The van der Waals surface area contributed by atoms with E-state index >= 15 is 0 Å². The van der Waals surface area contributed by atoms with E-state index < -0.39 is 0 Å². The smallest absolute Gasteiger partial charge is 0.274 e. The number of nitrogen functional groups attached to an aromatic ring is 1. The van der Waals surface area contributed by atoms with Crippen LogP contribution in [0.3, 0.4) is 0 Å². The lowest BCUT2D eigenvalue weighted by Crippen LogP contribution is -2.31. The lowest BCUT2D eigenvalue weighted by Gasteiger charge is -2.17. The molecule has 0 unspecified atom stereocenters. The number of carbonyl (C=O) groups is 1. The van der Waals surface area contributed by atoms with E-state index in [1.165, 1.54) is 11.3 Å². The fourth-order valence-electron chi connectivity index (χ4n) is 1.97. The van der Waals surface area contributed by atoms with Gasteiger partial charge in [-0.3, -0.25) is 10.2 Å². The van der Waals surface area contributed by atoms with Gasteiger partial charge in [0.15, 0.2) is 5.13 Å². The minimum atomic E-state index is -0.0633. The molecular formula is C14H18N4OS. The Balaban J connectivity index is 2.47. The molecule has 106 valence electrons. The third-order valence-corrected chi connectivity index (χ3v) is 4.08. The van der Waals surface area contributed by atoms with Crippen LogP contribution in [0, 0.1) is 0 Å². The van der Waals surface area contributed by atoms with E-state index in [0.29, 0.717) is 23.9 Å². The summed E-state index contributed by atoms with van der Waals surface area (Å²) < 4.78 is 0. The number of nitrogens with two attached hydrogens (primary N) is 1. The number of hydrogen-bond acceptors (Lipinski definition) is 5. The Kier molecular flexibility index (Phi) is 4.70.